The van der Waals surface area contributed by atoms with Gasteiger partial charge in [0.25, 0.3) is 0 Å². The van der Waals surface area contributed by atoms with Crippen LogP contribution in [-0.2, 0) is 29.3 Å². The Hall–Kier alpha value is -2.85. The molecule has 3 aromatic carbocycles. The zero-order chi connectivity index (χ0) is 20.7. The first kappa shape index (κ1) is 19.1. The molecule has 3 aromatic rings. The third-order valence-electron chi connectivity index (χ3n) is 6.19. The Labute approximate surface area is 176 Å². The van der Waals surface area contributed by atoms with Crippen molar-refractivity contribution in [3.05, 3.63) is 98.2 Å². The van der Waals surface area contributed by atoms with Gasteiger partial charge in [0.1, 0.15) is 12.4 Å². The van der Waals surface area contributed by atoms with Gasteiger partial charge in [-0.3, -0.25) is 0 Å². The average molecular weight is 417 g/mol. The summed E-state index contributed by atoms with van der Waals surface area (Å²) in [5, 5.41) is 4.42. The van der Waals surface area contributed by atoms with Crippen LogP contribution in [0.25, 0.3) is 12.2 Å². The van der Waals surface area contributed by atoms with Gasteiger partial charge >= 0.3 is 0 Å². The van der Waals surface area contributed by atoms with Crippen molar-refractivity contribution in [2.24, 2.45) is 0 Å². The quantitative estimate of drug-likeness (QED) is 0.657. The second-order valence-corrected chi connectivity index (χ2v) is 10.5. The Morgan fingerprint density at radius 3 is 2.50 bits per heavy atom. The molecule has 0 radical (unpaired) electrons. The van der Waals surface area contributed by atoms with Crippen molar-refractivity contribution in [2.45, 2.75) is 31.1 Å². The van der Waals surface area contributed by atoms with Gasteiger partial charge in [0.2, 0.25) is 0 Å². The first-order valence-electron chi connectivity index (χ1n) is 10.3. The monoisotopic (exact) mass is 416 g/mol. The summed E-state index contributed by atoms with van der Waals surface area (Å²) < 4.78 is 30.4. The van der Waals surface area contributed by atoms with E-state index in [1.807, 2.05) is 24.3 Å². The van der Waals surface area contributed by atoms with Crippen molar-refractivity contribution in [3.8, 4) is 5.75 Å². The van der Waals surface area contributed by atoms with E-state index in [0.717, 1.165) is 23.0 Å². The molecule has 0 saturated heterocycles. The Bertz CT molecular complexity index is 1440. The van der Waals surface area contributed by atoms with Crippen molar-refractivity contribution in [2.75, 3.05) is 6.26 Å². The summed E-state index contributed by atoms with van der Waals surface area (Å²) in [5.41, 5.74) is 3.58. The number of ether oxygens (including phenoxy) is 1. The maximum atomic E-state index is 12.2. The van der Waals surface area contributed by atoms with E-state index >= 15 is 0 Å². The van der Waals surface area contributed by atoms with Crippen molar-refractivity contribution in [1.29, 1.82) is 0 Å². The number of benzene rings is 3. The first-order valence-corrected chi connectivity index (χ1v) is 12.3. The zero-order valence-electron chi connectivity index (χ0n) is 17.0. The SMILES string of the molecule is CS(=O)(=O)C1CC=c2ccc3c(c2C1)CC=c1ccc(OCc2ccccc2)cc1=3. The smallest absolute Gasteiger partial charge is 0.150 e. The van der Waals surface area contributed by atoms with Crippen LogP contribution in [0.4, 0.5) is 0 Å². The molecule has 0 amide bonds. The number of rotatable bonds is 4. The molecule has 0 N–H and O–H groups in total. The van der Waals surface area contributed by atoms with E-state index in [4.69, 9.17) is 4.74 Å². The molecule has 0 aliphatic heterocycles. The van der Waals surface area contributed by atoms with E-state index in [-0.39, 0.29) is 5.25 Å². The summed E-state index contributed by atoms with van der Waals surface area (Å²) in [6.45, 7) is 0.533. The number of sulfone groups is 1. The first-order chi connectivity index (χ1) is 14.5. The second kappa shape index (κ2) is 7.44. The number of hydrogen-bond acceptors (Lipinski definition) is 3. The summed E-state index contributed by atoms with van der Waals surface area (Å²) in [7, 11) is -3.06. The van der Waals surface area contributed by atoms with E-state index in [9.17, 15) is 8.42 Å². The van der Waals surface area contributed by atoms with E-state index in [1.165, 1.54) is 33.0 Å². The highest BCUT2D eigenvalue weighted by molar-refractivity contribution is 7.91. The van der Waals surface area contributed by atoms with Gasteiger partial charge in [0.05, 0.1) is 5.25 Å². The van der Waals surface area contributed by atoms with Crippen molar-refractivity contribution in [1.82, 2.24) is 0 Å². The Kier molecular flexibility index (Phi) is 4.75. The molecule has 1 unspecified atom stereocenters. The Morgan fingerprint density at radius 1 is 0.900 bits per heavy atom. The van der Waals surface area contributed by atoms with Crippen LogP contribution in [0, 0.1) is 10.4 Å². The fraction of sp³-hybridized carbons (Fsp3) is 0.231. The van der Waals surface area contributed by atoms with E-state index < -0.39 is 9.84 Å². The molecule has 0 spiro atoms. The van der Waals surface area contributed by atoms with Gasteiger partial charge < -0.3 is 4.74 Å². The number of hydrogen-bond donors (Lipinski definition) is 0. The fourth-order valence-electron chi connectivity index (χ4n) is 4.51. The predicted molar refractivity (Wildman–Crippen MR) is 120 cm³/mol. The van der Waals surface area contributed by atoms with Gasteiger partial charge in [-0.05, 0) is 69.0 Å². The van der Waals surface area contributed by atoms with Crippen LogP contribution < -0.4 is 15.2 Å². The van der Waals surface area contributed by atoms with Crippen LogP contribution in [0.1, 0.15) is 23.1 Å². The molecule has 4 heteroatoms. The van der Waals surface area contributed by atoms with Crippen molar-refractivity contribution < 1.29 is 13.2 Å². The van der Waals surface area contributed by atoms with Gasteiger partial charge in [-0.15, -0.1) is 0 Å². The molecular formula is C26H24O3S. The third kappa shape index (κ3) is 3.56. The minimum Gasteiger partial charge on any atom is -0.489 e. The molecule has 2 aliphatic carbocycles. The van der Waals surface area contributed by atoms with Crippen LogP contribution in [-0.4, -0.2) is 19.9 Å². The summed E-state index contributed by atoms with van der Waals surface area (Å²) >= 11 is 0. The lowest BCUT2D eigenvalue weighted by Crippen LogP contribution is -2.31. The Balaban J connectivity index is 1.60. The number of fused-ring (bicyclic) bond motifs is 4. The molecule has 5 rings (SSSR count). The molecule has 2 aliphatic rings. The zero-order valence-corrected chi connectivity index (χ0v) is 17.8. The minimum atomic E-state index is -3.06. The Morgan fingerprint density at radius 2 is 1.70 bits per heavy atom. The molecule has 0 bridgehead atoms. The van der Waals surface area contributed by atoms with Gasteiger partial charge in [-0.2, -0.15) is 0 Å². The van der Waals surface area contributed by atoms with E-state index in [1.54, 1.807) is 0 Å². The lowest BCUT2D eigenvalue weighted by Gasteiger charge is -2.22. The van der Waals surface area contributed by atoms with Gasteiger partial charge in [0.15, 0.2) is 9.84 Å². The molecule has 1 atom stereocenters. The maximum Gasteiger partial charge on any atom is 0.150 e. The highest BCUT2D eigenvalue weighted by Gasteiger charge is 2.25. The van der Waals surface area contributed by atoms with Crippen LogP contribution >= 0.6 is 0 Å². The average Bonchev–Trinajstić information content (AvgIpc) is 2.76. The van der Waals surface area contributed by atoms with Crippen molar-refractivity contribution >= 4 is 22.0 Å². The molecule has 0 heterocycles. The molecule has 152 valence electrons. The van der Waals surface area contributed by atoms with Crippen LogP contribution in [0.2, 0.25) is 0 Å². The lowest BCUT2D eigenvalue weighted by atomic mass is 9.88. The van der Waals surface area contributed by atoms with Gasteiger partial charge in [-0.25, -0.2) is 8.42 Å². The molecule has 0 saturated carbocycles. The lowest BCUT2D eigenvalue weighted by molar-refractivity contribution is 0.306. The molecular weight excluding hydrogens is 392 g/mol. The fourth-order valence-corrected chi connectivity index (χ4v) is 5.43. The summed E-state index contributed by atoms with van der Waals surface area (Å²) in [6.07, 6.45) is 7.70. The van der Waals surface area contributed by atoms with E-state index in [0.29, 0.717) is 19.4 Å². The van der Waals surface area contributed by atoms with Crippen LogP contribution in [0.3, 0.4) is 0 Å². The molecule has 0 aromatic heterocycles. The molecule has 30 heavy (non-hydrogen) atoms. The highest BCUT2D eigenvalue weighted by atomic mass is 32.2. The topological polar surface area (TPSA) is 43.4 Å². The third-order valence-corrected chi connectivity index (χ3v) is 7.76. The molecule has 0 fully saturated rings. The standard InChI is InChI=1S/C26H24O3S/c1-30(27,28)22-12-8-20-10-13-23-24(26(20)16-22)14-9-19-7-11-21(15-25(19)23)29-17-18-5-3-2-4-6-18/h2-11,13,15,22H,12,14,16-17H2,1H3. The summed E-state index contributed by atoms with van der Waals surface area (Å²) in [6, 6.07) is 20.7. The summed E-state index contributed by atoms with van der Waals surface area (Å²) in [4.78, 5) is 0. The van der Waals surface area contributed by atoms with Crippen LogP contribution in [0.15, 0.2) is 60.7 Å². The largest absolute Gasteiger partial charge is 0.489 e. The maximum absolute atomic E-state index is 12.2. The van der Waals surface area contributed by atoms with Gasteiger partial charge in [0, 0.05) is 6.26 Å². The van der Waals surface area contributed by atoms with Gasteiger partial charge in [-0.1, -0.05) is 60.7 Å². The minimum absolute atomic E-state index is 0.321. The highest BCUT2D eigenvalue weighted by Crippen LogP contribution is 2.22. The second-order valence-electron chi connectivity index (χ2n) is 8.19. The van der Waals surface area contributed by atoms with E-state index in [2.05, 4.69) is 48.6 Å². The predicted octanol–water partition coefficient (Wildman–Crippen LogP) is 3.03. The normalized spacial score (nSPS) is 17.0. The summed E-state index contributed by atoms with van der Waals surface area (Å²) in [5.74, 6) is 0.845. The molecule has 3 nitrogen and oxygen atoms in total. The van der Waals surface area contributed by atoms with Crippen LogP contribution in [0.5, 0.6) is 5.75 Å². The van der Waals surface area contributed by atoms with Crippen molar-refractivity contribution in [3.63, 3.8) is 0 Å².